The Morgan fingerprint density at radius 3 is 1.94 bits per heavy atom. The number of ether oxygens (including phenoxy) is 1. The normalized spacial score (nSPS) is 40.8. The van der Waals surface area contributed by atoms with Gasteiger partial charge in [-0.15, -0.1) is 0 Å². The minimum atomic E-state index is -1.62. The minimum absolute atomic E-state index is 0.533. The zero-order valence-corrected chi connectivity index (χ0v) is 9.49. The highest BCUT2D eigenvalue weighted by Gasteiger charge is 2.50. The smallest absolute Gasteiger partial charge is 0.335 e. The number of carbonyl (C=O) groups is 1. The third-order valence-corrected chi connectivity index (χ3v) is 2.71. The van der Waals surface area contributed by atoms with Crippen molar-refractivity contribution in [2.45, 2.75) is 51.3 Å². The van der Waals surface area contributed by atoms with Gasteiger partial charge in [-0.2, -0.15) is 0 Å². The summed E-state index contributed by atoms with van der Waals surface area (Å²) in [6, 6.07) is 0. The molecule has 4 N–H and O–H groups in total. The zero-order valence-electron chi connectivity index (χ0n) is 9.49. The third-order valence-electron chi connectivity index (χ3n) is 2.71. The zero-order chi connectivity index (χ0) is 12.7. The van der Waals surface area contributed by atoms with Crippen molar-refractivity contribution in [2.75, 3.05) is 0 Å². The van der Waals surface area contributed by atoms with E-state index in [9.17, 15) is 20.1 Å². The summed E-state index contributed by atoms with van der Waals surface area (Å²) < 4.78 is 5.15. The number of hydrogen-bond donors (Lipinski definition) is 4. The maximum Gasteiger partial charge on any atom is 0.335 e. The fourth-order valence-electron chi connectivity index (χ4n) is 1.80. The molecule has 0 aromatic rings. The third kappa shape index (κ3) is 2.35. The lowest BCUT2D eigenvalue weighted by Gasteiger charge is -2.44. The number of aliphatic hydroxyl groups excluding tert-OH is 3. The average molecular weight is 234 g/mol. The van der Waals surface area contributed by atoms with Crippen LogP contribution in [0, 0.1) is 5.41 Å². The molecule has 5 atom stereocenters. The quantitative estimate of drug-likeness (QED) is 0.462. The molecule has 0 bridgehead atoms. The van der Waals surface area contributed by atoms with E-state index in [1.807, 2.05) is 0 Å². The van der Waals surface area contributed by atoms with Crippen molar-refractivity contribution in [1.29, 1.82) is 0 Å². The van der Waals surface area contributed by atoms with Crippen molar-refractivity contribution >= 4 is 5.97 Å². The Bertz CT molecular complexity index is 271. The van der Waals surface area contributed by atoms with Crippen LogP contribution in [-0.4, -0.2) is 56.9 Å². The molecule has 0 aliphatic carbocycles. The van der Waals surface area contributed by atoms with Crippen LogP contribution in [0.3, 0.4) is 0 Å². The molecule has 0 spiro atoms. The van der Waals surface area contributed by atoms with Crippen molar-refractivity contribution in [2.24, 2.45) is 5.41 Å². The van der Waals surface area contributed by atoms with E-state index in [0.29, 0.717) is 0 Å². The second-order valence-electron chi connectivity index (χ2n) is 5.15. The molecule has 2 unspecified atom stereocenters. The molecular formula is C10H18O6. The Kier molecular flexibility index (Phi) is 3.59. The molecule has 1 rings (SSSR count). The van der Waals surface area contributed by atoms with Crippen LogP contribution in [0.1, 0.15) is 20.8 Å². The molecule has 1 saturated heterocycles. The molecule has 0 aromatic heterocycles. The first-order chi connectivity index (χ1) is 7.16. The fourth-order valence-corrected chi connectivity index (χ4v) is 1.80. The molecule has 1 heterocycles. The number of hydrogen-bond acceptors (Lipinski definition) is 5. The van der Waals surface area contributed by atoms with Crippen LogP contribution in [0.15, 0.2) is 0 Å². The highest BCUT2D eigenvalue weighted by atomic mass is 16.6. The minimum Gasteiger partial charge on any atom is -0.479 e. The lowest BCUT2D eigenvalue weighted by molar-refractivity contribution is -0.246. The van der Waals surface area contributed by atoms with Gasteiger partial charge in [0.05, 0.1) is 6.10 Å². The van der Waals surface area contributed by atoms with E-state index in [-0.39, 0.29) is 0 Å². The topological polar surface area (TPSA) is 107 Å². The lowest BCUT2D eigenvalue weighted by Crippen LogP contribution is -2.62. The van der Waals surface area contributed by atoms with Crippen LogP contribution in [0.5, 0.6) is 0 Å². The van der Waals surface area contributed by atoms with Gasteiger partial charge in [-0.05, 0) is 5.41 Å². The summed E-state index contributed by atoms with van der Waals surface area (Å²) in [7, 11) is 0. The molecule has 0 radical (unpaired) electrons. The van der Waals surface area contributed by atoms with Gasteiger partial charge < -0.3 is 25.2 Å². The first-order valence-corrected chi connectivity index (χ1v) is 5.08. The van der Waals surface area contributed by atoms with Crippen LogP contribution in [0.25, 0.3) is 0 Å². The van der Waals surface area contributed by atoms with Gasteiger partial charge >= 0.3 is 5.97 Å². The SMILES string of the molecule is CC(C)(C)[C@@H]1OC(C(=O)O)[C@@H](O)C(O)[C@@H]1O. The van der Waals surface area contributed by atoms with Gasteiger partial charge in [0.2, 0.25) is 0 Å². The van der Waals surface area contributed by atoms with Gasteiger partial charge in [-0.1, -0.05) is 20.8 Å². The summed E-state index contributed by atoms with van der Waals surface area (Å²) in [5.41, 5.74) is -0.533. The molecule has 6 heteroatoms. The molecule has 0 saturated carbocycles. The van der Waals surface area contributed by atoms with Crippen LogP contribution in [-0.2, 0) is 9.53 Å². The highest BCUT2D eigenvalue weighted by molar-refractivity contribution is 5.73. The van der Waals surface area contributed by atoms with Crippen molar-refractivity contribution in [3.05, 3.63) is 0 Å². The standard InChI is InChI=1S/C10H18O6/c1-10(2,3)8-6(13)4(11)5(12)7(16-8)9(14)15/h4-8,11-13H,1-3H3,(H,14,15)/t4?,5-,6-,7?,8+/m0/s1. The maximum atomic E-state index is 10.8. The van der Waals surface area contributed by atoms with E-state index in [0.717, 1.165) is 0 Å². The number of carboxylic acids is 1. The molecular weight excluding hydrogens is 216 g/mol. The van der Waals surface area contributed by atoms with Crippen molar-refractivity contribution < 1.29 is 30.0 Å². The van der Waals surface area contributed by atoms with E-state index in [4.69, 9.17) is 9.84 Å². The monoisotopic (exact) mass is 234 g/mol. The van der Waals surface area contributed by atoms with Gasteiger partial charge in [0.15, 0.2) is 6.10 Å². The van der Waals surface area contributed by atoms with Crippen LogP contribution < -0.4 is 0 Å². The molecule has 0 amide bonds. The Balaban J connectivity index is 2.94. The summed E-state index contributed by atoms with van der Waals surface area (Å²) >= 11 is 0. The Labute approximate surface area is 93.5 Å². The molecule has 1 fully saturated rings. The van der Waals surface area contributed by atoms with E-state index in [1.54, 1.807) is 20.8 Å². The fraction of sp³-hybridized carbons (Fsp3) is 0.900. The van der Waals surface area contributed by atoms with Gasteiger partial charge in [-0.3, -0.25) is 0 Å². The number of rotatable bonds is 1. The van der Waals surface area contributed by atoms with Crippen LogP contribution in [0.4, 0.5) is 0 Å². The molecule has 16 heavy (non-hydrogen) atoms. The van der Waals surface area contributed by atoms with E-state index in [2.05, 4.69) is 0 Å². The van der Waals surface area contributed by atoms with Gasteiger partial charge in [0.25, 0.3) is 0 Å². The summed E-state index contributed by atoms with van der Waals surface area (Å²) in [6.07, 6.45) is -6.79. The highest BCUT2D eigenvalue weighted by Crippen LogP contribution is 2.32. The van der Waals surface area contributed by atoms with Crippen molar-refractivity contribution in [3.63, 3.8) is 0 Å². The number of aliphatic carboxylic acids is 1. The molecule has 1 aliphatic rings. The second-order valence-corrected chi connectivity index (χ2v) is 5.15. The first kappa shape index (κ1) is 13.4. The predicted octanol–water partition coefficient (Wildman–Crippen LogP) is -1.03. The maximum absolute atomic E-state index is 10.8. The predicted molar refractivity (Wildman–Crippen MR) is 53.8 cm³/mol. The summed E-state index contributed by atoms with van der Waals surface area (Å²) in [6.45, 7) is 5.26. The molecule has 0 aromatic carbocycles. The molecule has 94 valence electrons. The first-order valence-electron chi connectivity index (χ1n) is 5.08. The summed E-state index contributed by atoms with van der Waals surface area (Å²) in [5, 5.41) is 37.5. The summed E-state index contributed by atoms with van der Waals surface area (Å²) in [4.78, 5) is 10.8. The van der Waals surface area contributed by atoms with E-state index < -0.39 is 41.9 Å². The average Bonchev–Trinajstić information content (AvgIpc) is 2.11. The summed E-state index contributed by atoms with van der Waals surface area (Å²) in [5.74, 6) is -1.35. The van der Waals surface area contributed by atoms with Crippen molar-refractivity contribution in [3.8, 4) is 0 Å². The molecule has 1 aliphatic heterocycles. The van der Waals surface area contributed by atoms with Gasteiger partial charge in [-0.25, -0.2) is 4.79 Å². The van der Waals surface area contributed by atoms with Crippen LogP contribution >= 0.6 is 0 Å². The van der Waals surface area contributed by atoms with E-state index in [1.165, 1.54) is 0 Å². The Morgan fingerprint density at radius 1 is 1.06 bits per heavy atom. The number of carboxylic acid groups (broad SMARTS) is 1. The van der Waals surface area contributed by atoms with Gasteiger partial charge in [0, 0.05) is 0 Å². The Hall–Kier alpha value is -0.690. The molecule has 6 nitrogen and oxygen atoms in total. The van der Waals surface area contributed by atoms with Crippen LogP contribution in [0.2, 0.25) is 0 Å². The van der Waals surface area contributed by atoms with Crippen molar-refractivity contribution in [1.82, 2.24) is 0 Å². The van der Waals surface area contributed by atoms with E-state index >= 15 is 0 Å². The second kappa shape index (κ2) is 4.29. The Morgan fingerprint density at radius 2 is 1.56 bits per heavy atom. The number of aliphatic hydroxyl groups is 3. The largest absolute Gasteiger partial charge is 0.479 e. The lowest BCUT2D eigenvalue weighted by atomic mass is 9.80. The van der Waals surface area contributed by atoms with Gasteiger partial charge in [0.1, 0.15) is 18.3 Å².